The first-order valence-corrected chi connectivity index (χ1v) is 8.28. The third kappa shape index (κ3) is 3.35. The predicted octanol–water partition coefficient (Wildman–Crippen LogP) is 4.22. The number of carbonyl (C=O) groups is 1. The SMILES string of the molecule is CCCCOC(=O)N1CC2(CC(c3ccc(C(F)(F)F)nc3)C2)C1. The number of halogens is 3. The summed E-state index contributed by atoms with van der Waals surface area (Å²) in [6.45, 7) is 3.86. The van der Waals surface area contributed by atoms with Crippen LogP contribution in [-0.4, -0.2) is 35.7 Å². The molecule has 0 radical (unpaired) electrons. The number of rotatable bonds is 4. The highest BCUT2D eigenvalue weighted by molar-refractivity contribution is 5.69. The summed E-state index contributed by atoms with van der Waals surface area (Å²) in [7, 11) is 0. The van der Waals surface area contributed by atoms with Crippen molar-refractivity contribution in [3.05, 3.63) is 29.6 Å². The van der Waals surface area contributed by atoms with Gasteiger partial charge >= 0.3 is 12.3 Å². The fraction of sp³-hybridized carbons (Fsp3) is 0.647. The second-order valence-electron chi connectivity index (χ2n) is 6.90. The number of hydrogen-bond donors (Lipinski definition) is 0. The zero-order chi connectivity index (χ0) is 17.4. The minimum atomic E-state index is -4.40. The zero-order valence-electron chi connectivity index (χ0n) is 13.6. The summed E-state index contributed by atoms with van der Waals surface area (Å²) in [4.78, 5) is 17.0. The van der Waals surface area contributed by atoms with Crippen LogP contribution in [0.4, 0.5) is 18.0 Å². The lowest BCUT2D eigenvalue weighted by Crippen LogP contribution is -2.63. The number of likely N-dealkylation sites (tertiary alicyclic amines) is 1. The van der Waals surface area contributed by atoms with Crippen molar-refractivity contribution < 1.29 is 22.7 Å². The number of unbranched alkanes of at least 4 members (excludes halogenated alkanes) is 1. The molecule has 1 saturated carbocycles. The van der Waals surface area contributed by atoms with Gasteiger partial charge in [0.2, 0.25) is 0 Å². The molecule has 2 aliphatic rings. The molecule has 2 fully saturated rings. The van der Waals surface area contributed by atoms with Gasteiger partial charge in [-0.3, -0.25) is 4.98 Å². The molecule has 7 heteroatoms. The molecule has 0 bridgehead atoms. The van der Waals surface area contributed by atoms with Crippen molar-refractivity contribution in [2.45, 2.75) is 44.7 Å². The summed E-state index contributed by atoms with van der Waals surface area (Å²) in [5.74, 6) is 0.234. The third-order valence-electron chi connectivity index (χ3n) is 4.94. The number of hydrogen-bond acceptors (Lipinski definition) is 3. The van der Waals surface area contributed by atoms with Gasteiger partial charge < -0.3 is 9.64 Å². The molecule has 1 spiro atoms. The second-order valence-corrected chi connectivity index (χ2v) is 6.90. The Hall–Kier alpha value is -1.79. The molecule has 1 aliphatic heterocycles. The highest BCUT2D eigenvalue weighted by Crippen LogP contribution is 2.56. The van der Waals surface area contributed by atoms with Gasteiger partial charge in [0, 0.05) is 24.7 Å². The summed E-state index contributed by atoms with van der Waals surface area (Å²) in [6, 6.07) is 2.56. The first-order chi connectivity index (χ1) is 11.3. The number of aromatic nitrogens is 1. The molecular formula is C17H21F3N2O2. The van der Waals surface area contributed by atoms with Gasteiger partial charge in [0.15, 0.2) is 0 Å². The fourth-order valence-corrected chi connectivity index (χ4v) is 3.58. The second kappa shape index (κ2) is 6.26. The van der Waals surface area contributed by atoms with Crippen LogP contribution >= 0.6 is 0 Å². The van der Waals surface area contributed by atoms with E-state index < -0.39 is 11.9 Å². The number of amides is 1. The maximum atomic E-state index is 12.5. The number of pyridine rings is 1. The molecule has 0 N–H and O–H groups in total. The molecule has 1 aliphatic carbocycles. The topological polar surface area (TPSA) is 42.4 Å². The van der Waals surface area contributed by atoms with E-state index in [1.807, 2.05) is 6.92 Å². The molecule has 0 unspecified atom stereocenters. The summed E-state index contributed by atoms with van der Waals surface area (Å²) in [6.07, 6.45) is 0.307. The van der Waals surface area contributed by atoms with Crippen LogP contribution in [0.2, 0.25) is 0 Å². The van der Waals surface area contributed by atoms with Crippen LogP contribution in [0.15, 0.2) is 18.3 Å². The van der Waals surface area contributed by atoms with Gasteiger partial charge in [-0.1, -0.05) is 19.4 Å². The van der Waals surface area contributed by atoms with Crippen molar-refractivity contribution in [3.8, 4) is 0 Å². The summed E-state index contributed by atoms with van der Waals surface area (Å²) < 4.78 is 42.7. The Labute approximate surface area is 139 Å². The maximum absolute atomic E-state index is 12.5. The molecule has 132 valence electrons. The monoisotopic (exact) mass is 342 g/mol. The Bertz CT molecular complexity index is 587. The van der Waals surface area contributed by atoms with Crippen LogP contribution in [0, 0.1) is 5.41 Å². The van der Waals surface area contributed by atoms with E-state index >= 15 is 0 Å². The highest BCUT2D eigenvalue weighted by Gasteiger charge is 2.54. The van der Waals surface area contributed by atoms with Crippen LogP contribution in [0.25, 0.3) is 0 Å². The van der Waals surface area contributed by atoms with Crippen molar-refractivity contribution in [2.75, 3.05) is 19.7 Å². The standard InChI is InChI=1S/C17H21F3N2O2/c1-2-3-6-24-15(23)22-10-16(11-22)7-13(8-16)12-4-5-14(21-9-12)17(18,19)20/h4-5,9,13H,2-3,6-8,10-11H2,1H3. The summed E-state index contributed by atoms with van der Waals surface area (Å²) in [5, 5.41) is 0. The normalized spacial score (nSPS) is 19.8. The Balaban J connectivity index is 1.46. The lowest BCUT2D eigenvalue weighted by atomic mass is 9.56. The quantitative estimate of drug-likeness (QED) is 0.770. The Kier molecular flexibility index (Phi) is 4.44. The van der Waals surface area contributed by atoms with E-state index in [9.17, 15) is 18.0 Å². The molecule has 3 rings (SSSR count). The fourth-order valence-electron chi connectivity index (χ4n) is 3.58. The van der Waals surface area contributed by atoms with Crippen molar-refractivity contribution in [1.82, 2.24) is 9.88 Å². The lowest BCUT2D eigenvalue weighted by molar-refractivity contribution is -0.141. The van der Waals surface area contributed by atoms with Crippen LogP contribution in [-0.2, 0) is 10.9 Å². The number of ether oxygens (including phenoxy) is 1. The maximum Gasteiger partial charge on any atom is 0.433 e. The van der Waals surface area contributed by atoms with E-state index in [1.54, 1.807) is 4.90 Å². The minimum Gasteiger partial charge on any atom is -0.449 e. The van der Waals surface area contributed by atoms with E-state index in [4.69, 9.17) is 4.74 Å². The van der Waals surface area contributed by atoms with Crippen LogP contribution in [0.5, 0.6) is 0 Å². The van der Waals surface area contributed by atoms with Gasteiger partial charge in [-0.05, 0) is 36.8 Å². The molecule has 24 heavy (non-hydrogen) atoms. The van der Waals surface area contributed by atoms with Crippen molar-refractivity contribution >= 4 is 6.09 Å². The van der Waals surface area contributed by atoms with Gasteiger partial charge in [-0.25, -0.2) is 4.79 Å². The van der Waals surface area contributed by atoms with E-state index in [1.165, 1.54) is 12.3 Å². The molecule has 1 saturated heterocycles. The van der Waals surface area contributed by atoms with Gasteiger partial charge in [-0.2, -0.15) is 13.2 Å². The smallest absolute Gasteiger partial charge is 0.433 e. The third-order valence-corrected chi connectivity index (χ3v) is 4.94. The zero-order valence-corrected chi connectivity index (χ0v) is 13.6. The van der Waals surface area contributed by atoms with Crippen molar-refractivity contribution in [2.24, 2.45) is 5.41 Å². The number of alkyl halides is 3. The van der Waals surface area contributed by atoms with Gasteiger partial charge in [-0.15, -0.1) is 0 Å². The average Bonchev–Trinajstić information content (AvgIpc) is 2.44. The molecule has 4 nitrogen and oxygen atoms in total. The number of carbonyl (C=O) groups excluding carboxylic acids is 1. The molecular weight excluding hydrogens is 321 g/mol. The Morgan fingerprint density at radius 1 is 1.38 bits per heavy atom. The van der Waals surface area contributed by atoms with Gasteiger partial charge in [0.1, 0.15) is 5.69 Å². The van der Waals surface area contributed by atoms with Crippen molar-refractivity contribution in [3.63, 3.8) is 0 Å². The molecule has 1 aromatic rings. The minimum absolute atomic E-state index is 0.122. The van der Waals surface area contributed by atoms with E-state index in [0.29, 0.717) is 19.7 Å². The average molecular weight is 342 g/mol. The van der Waals surface area contributed by atoms with E-state index in [0.717, 1.165) is 37.3 Å². The molecule has 2 heterocycles. The lowest BCUT2D eigenvalue weighted by Gasteiger charge is -2.58. The van der Waals surface area contributed by atoms with Crippen LogP contribution < -0.4 is 0 Å². The van der Waals surface area contributed by atoms with Crippen LogP contribution in [0.3, 0.4) is 0 Å². The molecule has 0 atom stereocenters. The molecule has 1 amide bonds. The number of nitrogens with zero attached hydrogens (tertiary/aromatic N) is 2. The van der Waals surface area contributed by atoms with E-state index in [-0.39, 0.29) is 17.4 Å². The van der Waals surface area contributed by atoms with Gasteiger partial charge in [0.25, 0.3) is 0 Å². The van der Waals surface area contributed by atoms with Crippen molar-refractivity contribution in [1.29, 1.82) is 0 Å². The van der Waals surface area contributed by atoms with E-state index in [2.05, 4.69) is 4.98 Å². The largest absolute Gasteiger partial charge is 0.449 e. The first-order valence-electron chi connectivity index (χ1n) is 8.28. The van der Waals surface area contributed by atoms with Crippen LogP contribution in [0.1, 0.15) is 49.8 Å². The Morgan fingerprint density at radius 3 is 2.62 bits per heavy atom. The first kappa shape index (κ1) is 17.0. The molecule has 0 aromatic carbocycles. The molecule has 1 aromatic heterocycles. The summed E-state index contributed by atoms with van der Waals surface area (Å²) >= 11 is 0. The van der Waals surface area contributed by atoms with Gasteiger partial charge in [0.05, 0.1) is 6.61 Å². The Morgan fingerprint density at radius 2 is 2.08 bits per heavy atom. The predicted molar refractivity (Wildman–Crippen MR) is 81.5 cm³/mol. The highest BCUT2D eigenvalue weighted by atomic mass is 19.4. The summed E-state index contributed by atoms with van der Waals surface area (Å²) in [5.41, 5.74) is 0.111.